The molecule has 0 saturated heterocycles. The van der Waals surface area contributed by atoms with Crippen molar-refractivity contribution in [1.29, 1.82) is 0 Å². The smallest absolute Gasteiger partial charge is 0.324 e. The number of fused-ring (bicyclic) bond motifs is 1. The van der Waals surface area contributed by atoms with Crippen LogP contribution < -0.4 is 10.1 Å². The van der Waals surface area contributed by atoms with Crippen LogP contribution in [-0.4, -0.2) is 25.0 Å². The fourth-order valence-corrected chi connectivity index (χ4v) is 5.08. The quantitative estimate of drug-likeness (QED) is 0.450. The van der Waals surface area contributed by atoms with E-state index in [1.165, 1.54) is 7.11 Å². The molecule has 0 radical (unpaired) electrons. The van der Waals surface area contributed by atoms with Crippen molar-refractivity contribution in [2.75, 3.05) is 12.4 Å². The van der Waals surface area contributed by atoms with Gasteiger partial charge in [0.25, 0.3) is 0 Å². The number of para-hydroxylation sites is 1. The van der Waals surface area contributed by atoms with Crippen LogP contribution in [-0.2, 0) is 19.1 Å². The maximum absolute atomic E-state index is 13.4. The number of benzene rings is 2. The van der Waals surface area contributed by atoms with Crippen LogP contribution >= 0.6 is 0 Å². The average Bonchev–Trinajstić information content (AvgIpc) is 2.79. The molecule has 0 unspecified atom stereocenters. The number of nitrogens with one attached hydrogen (secondary N) is 1. The standard InChI is InChI=1S/C25H27NO5/c1-16-10-12-17(13-11-16)26-22(27)20-21(18-8-4-5-9-19(18)31-23(20)28)25(24(29)30-2)14-6-3-7-15-25/h4-5,8-13,20-21H,3,6-7,14-15H2,1-2H3,(H,26,27)/t20-,21-/m1/s1. The number of hydrogen-bond donors (Lipinski definition) is 1. The van der Waals surface area contributed by atoms with Crippen molar-refractivity contribution < 1.29 is 23.9 Å². The third-order valence-corrected chi connectivity index (χ3v) is 6.59. The predicted octanol–water partition coefficient (Wildman–Crippen LogP) is 4.38. The lowest BCUT2D eigenvalue weighted by atomic mass is 9.59. The van der Waals surface area contributed by atoms with Crippen LogP contribution in [0.3, 0.4) is 0 Å². The second kappa shape index (κ2) is 8.53. The molecule has 0 aromatic heterocycles. The van der Waals surface area contributed by atoms with Gasteiger partial charge in [0.05, 0.1) is 12.5 Å². The molecular weight excluding hydrogens is 394 g/mol. The summed E-state index contributed by atoms with van der Waals surface area (Å²) < 4.78 is 10.8. The molecule has 1 amide bonds. The lowest BCUT2D eigenvalue weighted by Crippen LogP contribution is -2.51. The summed E-state index contributed by atoms with van der Waals surface area (Å²) in [5, 5.41) is 2.85. The average molecular weight is 421 g/mol. The first-order valence-electron chi connectivity index (χ1n) is 10.7. The Balaban J connectivity index is 1.80. The molecular formula is C25H27NO5. The summed E-state index contributed by atoms with van der Waals surface area (Å²) in [5.41, 5.74) is 1.42. The Morgan fingerprint density at radius 2 is 1.71 bits per heavy atom. The Labute approximate surface area is 181 Å². The van der Waals surface area contributed by atoms with E-state index in [0.717, 1.165) is 24.8 Å². The van der Waals surface area contributed by atoms with Crippen molar-refractivity contribution in [2.24, 2.45) is 11.3 Å². The first-order chi connectivity index (χ1) is 15.0. The number of methoxy groups -OCH3 is 1. The van der Waals surface area contributed by atoms with Crippen molar-refractivity contribution >= 4 is 23.5 Å². The molecule has 6 heteroatoms. The Morgan fingerprint density at radius 1 is 1.03 bits per heavy atom. The molecule has 2 aromatic carbocycles. The van der Waals surface area contributed by atoms with Gasteiger partial charge in [-0.25, -0.2) is 0 Å². The minimum absolute atomic E-state index is 0.366. The molecule has 4 rings (SSSR count). The number of ether oxygens (including phenoxy) is 2. The van der Waals surface area contributed by atoms with Crippen LogP contribution in [0.4, 0.5) is 5.69 Å². The maximum atomic E-state index is 13.4. The summed E-state index contributed by atoms with van der Waals surface area (Å²) in [4.78, 5) is 39.7. The molecule has 1 aliphatic heterocycles. The van der Waals surface area contributed by atoms with Gasteiger partial charge in [-0.1, -0.05) is 55.2 Å². The maximum Gasteiger partial charge on any atom is 0.324 e. The number of rotatable bonds is 4. The van der Waals surface area contributed by atoms with Gasteiger partial charge in [0.1, 0.15) is 11.7 Å². The third kappa shape index (κ3) is 3.82. The number of hydrogen-bond acceptors (Lipinski definition) is 5. The number of carbonyl (C=O) groups is 3. The highest BCUT2D eigenvalue weighted by Crippen LogP contribution is 2.55. The number of esters is 2. The van der Waals surface area contributed by atoms with E-state index in [-0.39, 0.29) is 5.97 Å². The van der Waals surface area contributed by atoms with E-state index in [9.17, 15) is 14.4 Å². The Kier molecular flexibility index (Phi) is 5.81. The highest BCUT2D eigenvalue weighted by atomic mass is 16.5. The normalized spacial score (nSPS) is 22.1. The lowest BCUT2D eigenvalue weighted by Gasteiger charge is -2.45. The van der Waals surface area contributed by atoms with Gasteiger partial charge in [0.2, 0.25) is 5.91 Å². The summed E-state index contributed by atoms with van der Waals surface area (Å²) in [7, 11) is 1.37. The van der Waals surface area contributed by atoms with Crippen molar-refractivity contribution in [3.63, 3.8) is 0 Å². The largest absolute Gasteiger partial charge is 0.469 e. The van der Waals surface area contributed by atoms with Gasteiger partial charge in [0, 0.05) is 17.2 Å². The Morgan fingerprint density at radius 3 is 2.39 bits per heavy atom. The van der Waals surface area contributed by atoms with E-state index in [1.54, 1.807) is 24.3 Å². The second-order valence-corrected chi connectivity index (χ2v) is 8.48. The summed E-state index contributed by atoms with van der Waals surface area (Å²) in [6.07, 6.45) is 3.84. The Hall–Kier alpha value is -3.15. The van der Waals surface area contributed by atoms with E-state index in [0.29, 0.717) is 29.8 Å². The minimum Gasteiger partial charge on any atom is -0.469 e. The Bertz CT molecular complexity index is 991. The fraction of sp³-hybridized carbons (Fsp3) is 0.400. The molecule has 2 aromatic rings. The molecule has 162 valence electrons. The number of aryl methyl sites for hydroxylation is 1. The van der Waals surface area contributed by atoms with E-state index in [4.69, 9.17) is 9.47 Å². The molecule has 1 fully saturated rings. The van der Waals surface area contributed by atoms with Crippen LogP contribution in [0.1, 0.15) is 49.1 Å². The summed E-state index contributed by atoms with van der Waals surface area (Å²) >= 11 is 0. The first kappa shape index (κ1) is 21.1. The van der Waals surface area contributed by atoms with Crippen LogP contribution in [0.2, 0.25) is 0 Å². The zero-order valence-electron chi connectivity index (χ0n) is 17.9. The highest BCUT2D eigenvalue weighted by Gasteiger charge is 2.57. The van der Waals surface area contributed by atoms with Gasteiger partial charge in [0.15, 0.2) is 0 Å². The zero-order chi connectivity index (χ0) is 22.0. The van der Waals surface area contributed by atoms with Crippen LogP contribution in [0.5, 0.6) is 5.75 Å². The lowest BCUT2D eigenvalue weighted by molar-refractivity contribution is -0.162. The first-order valence-corrected chi connectivity index (χ1v) is 10.7. The van der Waals surface area contributed by atoms with Crippen LogP contribution in [0.15, 0.2) is 48.5 Å². The van der Waals surface area contributed by atoms with Gasteiger partial charge in [-0.2, -0.15) is 0 Å². The molecule has 1 heterocycles. The van der Waals surface area contributed by atoms with E-state index >= 15 is 0 Å². The van der Waals surface area contributed by atoms with E-state index in [2.05, 4.69) is 5.32 Å². The van der Waals surface area contributed by atoms with Crippen LogP contribution in [0, 0.1) is 18.3 Å². The minimum atomic E-state index is -1.14. The van der Waals surface area contributed by atoms with Gasteiger partial charge in [-0.3, -0.25) is 14.4 Å². The van der Waals surface area contributed by atoms with Gasteiger partial charge in [-0.05, 0) is 38.0 Å². The molecule has 1 aliphatic carbocycles. The molecule has 6 nitrogen and oxygen atoms in total. The third-order valence-electron chi connectivity index (χ3n) is 6.59. The van der Waals surface area contributed by atoms with Gasteiger partial charge < -0.3 is 14.8 Å². The molecule has 1 saturated carbocycles. The van der Waals surface area contributed by atoms with Crippen molar-refractivity contribution in [1.82, 2.24) is 0 Å². The van der Waals surface area contributed by atoms with Crippen molar-refractivity contribution in [3.05, 3.63) is 59.7 Å². The monoisotopic (exact) mass is 421 g/mol. The van der Waals surface area contributed by atoms with E-state index in [1.807, 2.05) is 31.2 Å². The topological polar surface area (TPSA) is 81.7 Å². The summed E-state index contributed by atoms with van der Waals surface area (Å²) in [6, 6.07) is 14.5. The SMILES string of the molecule is COC(=O)C1([C@@H]2c3ccccc3OC(=O)[C@H]2C(=O)Nc2ccc(C)cc2)CCCCC1. The molecule has 31 heavy (non-hydrogen) atoms. The zero-order valence-corrected chi connectivity index (χ0v) is 17.9. The van der Waals surface area contributed by atoms with Gasteiger partial charge >= 0.3 is 11.9 Å². The van der Waals surface area contributed by atoms with Crippen LogP contribution in [0.25, 0.3) is 0 Å². The molecule has 2 aliphatic rings. The fourth-order valence-electron chi connectivity index (χ4n) is 5.08. The number of amides is 1. The molecule has 0 spiro atoms. The summed E-state index contributed by atoms with van der Waals surface area (Å²) in [5.74, 6) is -2.86. The number of carbonyl (C=O) groups excluding carboxylic acids is 3. The predicted molar refractivity (Wildman–Crippen MR) is 116 cm³/mol. The highest BCUT2D eigenvalue weighted by molar-refractivity contribution is 6.07. The van der Waals surface area contributed by atoms with Crippen molar-refractivity contribution in [2.45, 2.75) is 44.9 Å². The molecule has 2 atom stereocenters. The molecule has 0 bridgehead atoms. The number of anilines is 1. The van der Waals surface area contributed by atoms with E-state index < -0.39 is 29.1 Å². The second-order valence-electron chi connectivity index (χ2n) is 8.48. The van der Waals surface area contributed by atoms with Gasteiger partial charge in [-0.15, -0.1) is 0 Å². The summed E-state index contributed by atoms with van der Waals surface area (Å²) in [6.45, 7) is 1.96. The molecule has 1 N–H and O–H groups in total. The van der Waals surface area contributed by atoms with Crippen molar-refractivity contribution in [3.8, 4) is 5.75 Å².